The van der Waals surface area contributed by atoms with Crippen LogP contribution in [0.4, 0.5) is 5.69 Å². The third-order valence-electron chi connectivity index (χ3n) is 2.77. The van der Waals surface area contributed by atoms with Gasteiger partial charge in [0.25, 0.3) is 0 Å². The lowest BCUT2D eigenvalue weighted by molar-refractivity contribution is 0.0520. The Morgan fingerprint density at radius 2 is 2.04 bits per heavy atom. The highest BCUT2D eigenvalue weighted by atomic mass is 32.2. The molecule has 11 heteroatoms. The molecule has 0 aromatic carbocycles. The first-order valence-electron chi connectivity index (χ1n) is 6.46. The normalized spacial score (nSPS) is 11.8. The number of carbonyl (C=O) groups is 1. The number of carbonyl (C=O) groups excluding carboxylic acids is 1. The van der Waals surface area contributed by atoms with E-state index in [1.54, 1.807) is 6.92 Å². The van der Waals surface area contributed by atoms with Gasteiger partial charge in [0.05, 0.1) is 12.3 Å². The maximum atomic E-state index is 11.6. The highest BCUT2D eigenvalue weighted by molar-refractivity contribution is 7.91. The van der Waals surface area contributed by atoms with Crippen LogP contribution in [0.25, 0.3) is 5.65 Å². The van der Waals surface area contributed by atoms with Gasteiger partial charge in [-0.05, 0) is 19.1 Å². The molecule has 0 N–H and O–H groups in total. The molecule has 0 saturated carbocycles. The highest BCUT2D eigenvalue weighted by Gasteiger charge is 2.17. The Labute approximate surface area is 134 Å². The number of ether oxygens (including phenoxy) is 1. The summed E-state index contributed by atoms with van der Waals surface area (Å²) >= 11 is 0. The molecule has 0 unspecified atom stereocenters. The average molecular weight is 361 g/mol. The van der Waals surface area contributed by atoms with Crippen molar-refractivity contribution >= 4 is 38.0 Å². The van der Waals surface area contributed by atoms with Gasteiger partial charge < -0.3 is 9.14 Å². The summed E-state index contributed by atoms with van der Waals surface area (Å²) in [7, 11) is -6.68. The van der Waals surface area contributed by atoms with Gasteiger partial charge in [-0.25, -0.2) is 26.6 Å². The summed E-state index contributed by atoms with van der Waals surface area (Å²) < 4.78 is 52.3. The van der Waals surface area contributed by atoms with Gasteiger partial charge in [0.15, 0.2) is 15.5 Å². The molecule has 2 rings (SSSR count). The van der Waals surface area contributed by atoms with E-state index in [-0.39, 0.29) is 18.0 Å². The van der Waals surface area contributed by atoms with Gasteiger partial charge in [-0.3, -0.25) is 4.31 Å². The van der Waals surface area contributed by atoms with Gasteiger partial charge in [0.1, 0.15) is 11.5 Å². The Hall–Kier alpha value is -2.14. The fourth-order valence-electron chi connectivity index (χ4n) is 1.87. The molecule has 0 bridgehead atoms. The van der Waals surface area contributed by atoms with Crippen LogP contribution in [-0.2, 0) is 25.5 Å². The van der Waals surface area contributed by atoms with E-state index in [4.69, 9.17) is 4.74 Å². The summed E-state index contributed by atoms with van der Waals surface area (Å²) in [6.07, 6.45) is 3.70. The number of sulfone groups is 1. The lowest BCUT2D eigenvalue weighted by Crippen LogP contribution is -2.28. The fourth-order valence-corrected chi connectivity index (χ4v) is 3.78. The van der Waals surface area contributed by atoms with E-state index >= 15 is 0 Å². The summed E-state index contributed by atoms with van der Waals surface area (Å²) in [5.74, 6) is -1.27. The maximum Gasteiger partial charge on any atom is 0.358 e. The van der Waals surface area contributed by atoms with Crippen molar-refractivity contribution in [3.8, 4) is 0 Å². The topological polar surface area (TPSA) is 115 Å². The highest BCUT2D eigenvalue weighted by Crippen LogP contribution is 2.17. The summed E-state index contributed by atoms with van der Waals surface area (Å²) in [4.78, 5) is 15.7. The van der Waals surface area contributed by atoms with Crippen molar-refractivity contribution in [1.29, 1.82) is 0 Å². The van der Waals surface area contributed by atoms with E-state index in [2.05, 4.69) is 4.98 Å². The zero-order valence-electron chi connectivity index (χ0n) is 12.4. The molecule has 9 nitrogen and oxygen atoms in total. The minimum absolute atomic E-state index is 0.0742. The molecule has 23 heavy (non-hydrogen) atoms. The number of imidazole rings is 1. The number of rotatable bonds is 6. The van der Waals surface area contributed by atoms with Crippen LogP contribution in [0.2, 0.25) is 0 Å². The molecule has 0 aliphatic rings. The first-order valence-corrected chi connectivity index (χ1v) is 9.66. The van der Waals surface area contributed by atoms with Crippen LogP contribution in [0.15, 0.2) is 24.5 Å². The van der Waals surface area contributed by atoms with Crippen LogP contribution in [0.1, 0.15) is 17.4 Å². The number of pyridine rings is 1. The van der Waals surface area contributed by atoms with E-state index < -0.39 is 32.6 Å². The molecule has 0 fully saturated rings. The van der Waals surface area contributed by atoms with Crippen LogP contribution in [0.3, 0.4) is 0 Å². The monoisotopic (exact) mass is 361 g/mol. The van der Waals surface area contributed by atoms with E-state index in [1.165, 1.54) is 28.9 Å². The summed E-state index contributed by atoms with van der Waals surface area (Å²) in [6, 6.07) is 2.89. The summed E-state index contributed by atoms with van der Waals surface area (Å²) in [5.41, 5.74) is 0.620. The SMILES string of the molecule is CCOC(=O)c1cn2cc(N(CS(C)(=O)=O)[SH](=O)=O)ccc2n1. The van der Waals surface area contributed by atoms with Crippen LogP contribution in [0, 0.1) is 0 Å². The molecule has 2 heterocycles. The molecule has 2 aromatic rings. The minimum atomic E-state index is -3.54. The maximum absolute atomic E-state index is 11.6. The summed E-state index contributed by atoms with van der Waals surface area (Å²) in [5, 5.41) is 0. The lowest BCUT2D eigenvalue weighted by atomic mass is 10.4. The smallest absolute Gasteiger partial charge is 0.358 e. The minimum Gasteiger partial charge on any atom is -0.461 e. The Bertz CT molecular complexity index is 908. The number of thiol groups is 1. The van der Waals surface area contributed by atoms with Gasteiger partial charge in [-0.2, -0.15) is 0 Å². The van der Waals surface area contributed by atoms with Crippen molar-refractivity contribution in [2.45, 2.75) is 6.92 Å². The Morgan fingerprint density at radius 3 is 2.61 bits per heavy atom. The molecule has 0 aliphatic carbocycles. The largest absolute Gasteiger partial charge is 0.461 e. The molecule has 0 spiro atoms. The number of aromatic nitrogens is 2. The number of nitrogens with zero attached hydrogens (tertiary/aromatic N) is 3. The van der Waals surface area contributed by atoms with Crippen LogP contribution < -0.4 is 4.31 Å². The Balaban J connectivity index is 2.44. The molecule has 0 radical (unpaired) electrons. The van der Waals surface area contributed by atoms with Crippen molar-refractivity contribution in [3.63, 3.8) is 0 Å². The number of hydrogen-bond acceptors (Lipinski definition) is 7. The number of esters is 1. The number of anilines is 1. The predicted octanol–water partition coefficient (Wildman–Crippen LogP) is -0.154. The van der Waals surface area contributed by atoms with Crippen molar-refractivity contribution in [2.24, 2.45) is 0 Å². The molecule has 0 saturated heterocycles. The third kappa shape index (κ3) is 4.20. The molecule has 2 aromatic heterocycles. The zero-order chi connectivity index (χ0) is 17.2. The van der Waals surface area contributed by atoms with E-state index in [0.717, 1.165) is 10.6 Å². The fraction of sp³-hybridized carbons (Fsp3) is 0.333. The Morgan fingerprint density at radius 1 is 1.35 bits per heavy atom. The van der Waals surface area contributed by atoms with Gasteiger partial charge in [-0.15, -0.1) is 0 Å². The molecule has 0 atom stereocenters. The van der Waals surface area contributed by atoms with Crippen molar-refractivity contribution in [3.05, 3.63) is 30.2 Å². The second-order valence-corrected chi connectivity index (χ2v) is 7.76. The standard InChI is InChI=1S/C12H15N3O6S2/c1-3-21-12(16)10-7-14-6-9(4-5-11(14)13-10)15(22(17)18)8-23(2,19)20/h4-7,22H,3,8H2,1-2H3. The van der Waals surface area contributed by atoms with Gasteiger partial charge in [-0.1, -0.05) is 0 Å². The van der Waals surface area contributed by atoms with E-state index in [9.17, 15) is 21.6 Å². The lowest BCUT2D eigenvalue weighted by Gasteiger charge is -2.16. The van der Waals surface area contributed by atoms with Crippen molar-refractivity contribution in [1.82, 2.24) is 9.38 Å². The average Bonchev–Trinajstić information content (AvgIpc) is 2.86. The van der Waals surface area contributed by atoms with Gasteiger partial charge >= 0.3 is 5.97 Å². The van der Waals surface area contributed by atoms with Crippen molar-refractivity contribution < 1.29 is 26.4 Å². The number of fused-ring (bicyclic) bond motifs is 1. The second kappa shape index (κ2) is 6.54. The van der Waals surface area contributed by atoms with Gasteiger partial charge in [0, 0.05) is 18.6 Å². The zero-order valence-corrected chi connectivity index (χ0v) is 14.1. The summed E-state index contributed by atoms with van der Waals surface area (Å²) in [6.45, 7) is 1.87. The molecule has 0 amide bonds. The van der Waals surface area contributed by atoms with Crippen molar-refractivity contribution in [2.75, 3.05) is 23.0 Å². The van der Waals surface area contributed by atoms with Gasteiger partial charge in [0.2, 0.25) is 10.9 Å². The first kappa shape index (κ1) is 17.2. The molecular formula is C12H15N3O6S2. The van der Waals surface area contributed by atoms with Crippen LogP contribution in [-0.4, -0.2) is 50.9 Å². The molecule has 126 valence electrons. The second-order valence-electron chi connectivity index (χ2n) is 4.69. The van der Waals surface area contributed by atoms with E-state index in [1.807, 2.05) is 0 Å². The third-order valence-corrected chi connectivity index (χ3v) is 4.46. The first-order chi connectivity index (χ1) is 10.7. The number of hydrogen-bond donors (Lipinski definition) is 1. The van der Waals surface area contributed by atoms with Crippen LogP contribution in [0.5, 0.6) is 0 Å². The van der Waals surface area contributed by atoms with Crippen LogP contribution >= 0.6 is 0 Å². The quantitative estimate of drug-likeness (QED) is 0.562. The molecule has 0 aliphatic heterocycles. The van der Waals surface area contributed by atoms with E-state index in [0.29, 0.717) is 5.65 Å². The predicted molar refractivity (Wildman–Crippen MR) is 83.7 cm³/mol. The molecular weight excluding hydrogens is 346 g/mol. The Kier molecular flexibility index (Phi) is 4.90.